The van der Waals surface area contributed by atoms with Gasteiger partial charge in [0.15, 0.2) is 5.76 Å². The van der Waals surface area contributed by atoms with Crippen LogP contribution < -0.4 is 10.6 Å². The molecule has 2 aromatic carbocycles. The van der Waals surface area contributed by atoms with E-state index in [2.05, 4.69) is 17.2 Å². The number of carbonyl (C=O) groups is 2. The van der Waals surface area contributed by atoms with E-state index in [1.54, 1.807) is 24.3 Å². The Bertz CT molecular complexity index is 1270. The molecule has 9 heteroatoms. The van der Waals surface area contributed by atoms with Gasteiger partial charge in [0.25, 0.3) is 5.91 Å². The number of piperidine rings is 1. The molecule has 3 aromatic rings. The van der Waals surface area contributed by atoms with Crippen molar-refractivity contribution in [3.05, 3.63) is 73.0 Å². The zero-order valence-electron chi connectivity index (χ0n) is 18.2. The molecule has 2 N–H and O–H groups in total. The van der Waals surface area contributed by atoms with Gasteiger partial charge in [0, 0.05) is 29.7 Å². The quantitative estimate of drug-likeness (QED) is 0.539. The number of benzene rings is 2. The Morgan fingerprint density at radius 1 is 1.09 bits per heavy atom. The molecular formula is C24H25N3O5S. The molecular weight excluding hydrogens is 442 g/mol. The number of anilines is 1. The molecule has 0 radical (unpaired) electrons. The van der Waals surface area contributed by atoms with Crippen LogP contribution in [0.5, 0.6) is 0 Å². The first-order chi connectivity index (χ1) is 15.7. The van der Waals surface area contributed by atoms with Crippen molar-refractivity contribution in [1.29, 1.82) is 0 Å². The normalized spacial score (nSPS) is 16.3. The van der Waals surface area contributed by atoms with E-state index in [4.69, 9.17) is 4.42 Å². The van der Waals surface area contributed by atoms with Crippen molar-refractivity contribution in [2.45, 2.75) is 30.2 Å². The molecule has 0 unspecified atom stereocenters. The molecule has 0 bridgehead atoms. The summed E-state index contributed by atoms with van der Waals surface area (Å²) in [5, 5.41) is 6.43. The van der Waals surface area contributed by atoms with E-state index in [-0.39, 0.29) is 16.6 Å². The Labute approximate surface area is 192 Å². The van der Waals surface area contributed by atoms with Gasteiger partial charge in [0.2, 0.25) is 15.9 Å². The van der Waals surface area contributed by atoms with E-state index >= 15 is 0 Å². The summed E-state index contributed by atoms with van der Waals surface area (Å²) >= 11 is 0. The second-order valence-electron chi connectivity index (χ2n) is 8.29. The van der Waals surface area contributed by atoms with E-state index in [1.165, 1.54) is 22.5 Å². The highest BCUT2D eigenvalue weighted by atomic mass is 32.2. The monoisotopic (exact) mass is 467 g/mol. The third-order valence-corrected chi connectivity index (χ3v) is 7.75. The van der Waals surface area contributed by atoms with Crippen LogP contribution in [0, 0.1) is 0 Å². The van der Waals surface area contributed by atoms with E-state index in [1.807, 2.05) is 25.1 Å². The molecule has 0 spiro atoms. The molecule has 0 saturated carbocycles. The minimum absolute atomic E-state index is 0.142. The van der Waals surface area contributed by atoms with Gasteiger partial charge in [-0.25, -0.2) is 8.42 Å². The van der Waals surface area contributed by atoms with Crippen LogP contribution in [0.15, 0.2) is 76.6 Å². The highest BCUT2D eigenvalue weighted by Crippen LogP contribution is 2.27. The van der Waals surface area contributed by atoms with Gasteiger partial charge in [-0.15, -0.1) is 0 Å². The number of hydrogen-bond donors (Lipinski definition) is 2. The molecule has 4 rings (SSSR count). The van der Waals surface area contributed by atoms with Crippen molar-refractivity contribution in [1.82, 2.24) is 9.62 Å². The van der Waals surface area contributed by atoms with E-state index in [0.29, 0.717) is 37.2 Å². The number of nitrogens with zero attached hydrogens (tertiary/aromatic N) is 1. The molecule has 2 amide bonds. The smallest absolute Gasteiger partial charge is 0.291 e. The van der Waals surface area contributed by atoms with E-state index in [0.717, 1.165) is 5.39 Å². The first kappa shape index (κ1) is 22.8. The third kappa shape index (κ3) is 4.84. The van der Waals surface area contributed by atoms with Gasteiger partial charge in [-0.3, -0.25) is 9.59 Å². The van der Waals surface area contributed by atoms with Crippen LogP contribution in [0.2, 0.25) is 0 Å². The maximum atomic E-state index is 13.1. The molecule has 1 aromatic heterocycles. The van der Waals surface area contributed by atoms with Crippen LogP contribution >= 0.6 is 0 Å². The molecule has 2 heterocycles. The second kappa shape index (κ2) is 8.84. The second-order valence-corrected chi connectivity index (χ2v) is 10.2. The fourth-order valence-electron chi connectivity index (χ4n) is 3.84. The minimum atomic E-state index is -3.69. The molecule has 0 aliphatic carbocycles. The zero-order valence-corrected chi connectivity index (χ0v) is 19.0. The average molecular weight is 468 g/mol. The highest BCUT2D eigenvalue weighted by molar-refractivity contribution is 7.89. The third-order valence-electron chi connectivity index (χ3n) is 5.84. The Kier molecular flexibility index (Phi) is 6.09. The first-order valence-electron chi connectivity index (χ1n) is 10.5. The fourth-order valence-corrected chi connectivity index (χ4v) is 5.28. The summed E-state index contributed by atoms with van der Waals surface area (Å²) in [7, 11) is -3.69. The van der Waals surface area contributed by atoms with Crippen LogP contribution in [-0.2, 0) is 14.8 Å². The number of para-hydroxylation sites is 1. The highest BCUT2D eigenvalue weighted by Gasteiger charge is 2.36. The summed E-state index contributed by atoms with van der Waals surface area (Å²) < 4.78 is 33.1. The van der Waals surface area contributed by atoms with Crippen molar-refractivity contribution in [3.8, 4) is 0 Å². The Morgan fingerprint density at radius 3 is 2.39 bits per heavy atom. The Balaban J connectivity index is 1.41. The molecule has 172 valence electrons. The summed E-state index contributed by atoms with van der Waals surface area (Å²) in [5.41, 5.74) is 0.603. The van der Waals surface area contributed by atoms with Gasteiger partial charge in [-0.1, -0.05) is 24.8 Å². The van der Waals surface area contributed by atoms with E-state index in [9.17, 15) is 18.0 Å². The number of carbonyl (C=O) groups excluding carboxylic acids is 2. The summed E-state index contributed by atoms with van der Waals surface area (Å²) in [4.78, 5) is 24.3. The van der Waals surface area contributed by atoms with Crippen molar-refractivity contribution in [2.24, 2.45) is 0 Å². The van der Waals surface area contributed by atoms with Crippen molar-refractivity contribution >= 4 is 38.5 Å². The number of amides is 2. The molecule has 1 saturated heterocycles. The standard InChI is InChI=1S/C24H25N3O5S/c1-3-22(28)26-24(2)12-14-27(15-13-24)33(30,31)19-10-8-18(9-11-19)25-23(29)21-16-17-6-4-5-7-20(17)32-21/h3-11,16H,1,12-15H2,2H3,(H,25,29)(H,26,28). The predicted molar refractivity (Wildman–Crippen MR) is 125 cm³/mol. The fraction of sp³-hybridized carbons (Fsp3) is 0.250. The van der Waals surface area contributed by atoms with Crippen molar-refractivity contribution in [3.63, 3.8) is 0 Å². The number of fused-ring (bicyclic) bond motifs is 1. The molecule has 1 aliphatic rings. The van der Waals surface area contributed by atoms with Crippen LogP contribution in [0.3, 0.4) is 0 Å². The summed E-state index contributed by atoms with van der Waals surface area (Å²) in [6, 6.07) is 15.0. The summed E-state index contributed by atoms with van der Waals surface area (Å²) in [5.74, 6) is -0.513. The van der Waals surface area contributed by atoms with Gasteiger partial charge < -0.3 is 15.1 Å². The van der Waals surface area contributed by atoms with Crippen molar-refractivity contribution in [2.75, 3.05) is 18.4 Å². The van der Waals surface area contributed by atoms with Gasteiger partial charge in [0.1, 0.15) is 5.58 Å². The summed E-state index contributed by atoms with van der Waals surface area (Å²) in [6.07, 6.45) is 2.21. The van der Waals surface area contributed by atoms with Crippen LogP contribution in [-0.4, -0.2) is 43.2 Å². The zero-order chi connectivity index (χ0) is 23.6. The van der Waals surface area contributed by atoms with Crippen LogP contribution in [0.1, 0.15) is 30.3 Å². The van der Waals surface area contributed by atoms with E-state index < -0.39 is 21.5 Å². The first-order valence-corrected chi connectivity index (χ1v) is 12.0. The SMILES string of the molecule is C=CC(=O)NC1(C)CCN(S(=O)(=O)c2ccc(NC(=O)c3cc4ccccc4o3)cc2)CC1. The topological polar surface area (TPSA) is 109 Å². The van der Waals surface area contributed by atoms with Crippen LogP contribution in [0.25, 0.3) is 11.0 Å². The largest absolute Gasteiger partial charge is 0.451 e. The van der Waals surface area contributed by atoms with Crippen LogP contribution in [0.4, 0.5) is 5.69 Å². The Morgan fingerprint density at radius 2 is 1.76 bits per heavy atom. The maximum Gasteiger partial charge on any atom is 0.291 e. The van der Waals surface area contributed by atoms with Gasteiger partial charge in [-0.05, 0) is 62.2 Å². The lowest BCUT2D eigenvalue weighted by Gasteiger charge is -2.39. The lowest BCUT2D eigenvalue weighted by Crippen LogP contribution is -2.53. The molecule has 1 fully saturated rings. The minimum Gasteiger partial charge on any atom is -0.451 e. The lowest BCUT2D eigenvalue weighted by molar-refractivity contribution is -0.118. The number of sulfonamides is 1. The maximum absolute atomic E-state index is 13.1. The molecule has 33 heavy (non-hydrogen) atoms. The predicted octanol–water partition coefficient (Wildman–Crippen LogP) is 3.53. The number of rotatable bonds is 6. The molecule has 8 nitrogen and oxygen atoms in total. The van der Waals surface area contributed by atoms with Gasteiger partial charge in [-0.2, -0.15) is 4.31 Å². The lowest BCUT2D eigenvalue weighted by atomic mass is 9.90. The Hall–Kier alpha value is -3.43. The number of hydrogen-bond acceptors (Lipinski definition) is 5. The number of furan rings is 1. The van der Waals surface area contributed by atoms with Crippen molar-refractivity contribution < 1.29 is 22.4 Å². The van der Waals surface area contributed by atoms with Gasteiger partial charge >= 0.3 is 0 Å². The summed E-state index contributed by atoms with van der Waals surface area (Å²) in [6.45, 7) is 5.94. The molecule has 0 atom stereocenters. The average Bonchev–Trinajstić information content (AvgIpc) is 3.24. The molecule has 1 aliphatic heterocycles. The van der Waals surface area contributed by atoms with Gasteiger partial charge in [0.05, 0.1) is 4.90 Å². The number of nitrogens with one attached hydrogen (secondary N) is 2.